The summed E-state index contributed by atoms with van der Waals surface area (Å²) in [6.07, 6.45) is 1.63. The van der Waals surface area contributed by atoms with Gasteiger partial charge in [0.15, 0.2) is 0 Å². The van der Waals surface area contributed by atoms with Crippen LogP contribution in [0.4, 0.5) is 5.13 Å². The van der Waals surface area contributed by atoms with E-state index < -0.39 is 0 Å². The normalized spacial score (nSPS) is 11.0. The topological polar surface area (TPSA) is 46.5 Å². The molecule has 24 heavy (non-hydrogen) atoms. The van der Waals surface area contributed by atoms with E-state index in [1.807, 2.05) is 29.6 Å². The average molecular weight is 378 g/mol. The molecule has 0 aliphatic carbocycles. The van der Waals surface area contributed by atoms with Crippen LogP contribution in [0.2, 0.25) is 10.0 Å². The largest absolute Gasteiger partial charge is 0.497 e. The summed E-state index contributed by atoms with van der Waals surface area (Å²) in [6.45, 7) is 0. The third kappa shape index (κ3) is 4.06. The Morgan fingerprint density at radius 1 is 1.17 bits per heavy atom. The SMILES string of the molecule is COc1ccc(-c2csc(NN=Cc3ccc(Cl)cc3Cl)n2)cc1. The molecular formula is C17H13Cl2N3OS. The second kappa shape index (κ2) is 7.66. The quantitative estimate of drug-likeness (QED) is 0.466. The van der Waals surface area contributed by atoms with E-state index in [9.17, 15) is 0 Å². The molecule has 0 saturated heterocycles. The zero-order valence-electron chi connectivity index (χ0n) is 12.7. The van der Waals surface area contributed by atoms with E-state index in [1.54, 1.807) is 31.5 Å². The number of hydrazone groups is 1. The summed E-state index contributed by atoms with van der Waals surface area (Å²) >= 11 is 13.4. The smallest absolute Gasteiger partial charge is 0.203 e. The molecule has 0 amide bonds. The first kappa shape index (κ1) is 16.8. The van der Waals surface area contributed by atoms with E-state index >= 15 is 0 Å². The number of hydrogen-bond acceptors (Lipinski definition) is 5. The van der Waals surface area contributed by atoms with Crippen LogP contribution in [-0.4, -0.2) is 18.3 Å². The molecule has 7 heteroatoms. The average Bonchev–Trinajstić information content (AvgIpc) is 3.06. The molecule has 3 aromatic rings. The van der Waals surface area contributed by atoms with E-state index in [1.165, 1.54) is 11.3 Å². The van der Waals surface area contributed by atoms with Gasteiger partial charge in [-0.3, -0.25) is 5.43 Å². The van der Waals surface area contributed by atoms with E-state index in [0.29, 0.717) is 15.2 Å². The summed E-state index contributed by atoms with van der Waals surface area (Å²) in [4.78, 5) is 4.50. The summed E-state index contributed by atoms with van der Waals surface area (Å²) in [5, 5.41) is 7.96. The van der Waals surface area contributed by atoms with Gasteiger partial charge in [0, 0.05) is 21.5 Å². The number of thiazole rings is 1. The molecule has 1 N–H and O–H groups in total. The monoisotopic (exact) mass is 377 g/mol. The molecule has 3 rings (SSSR count). The molecule has 1 heterocycles. The molecule has 0 atom stereocenters. The lowest BCUT2D eigenvalue weighted by molar-refractivity contribution is 0.415. The standard InChI is InChI=1S/C17H13Cl2N3OS/c1-23-14-6-3-11(4-7-14)16-10-24-17(21-16)22-20-9-12-2-5-13(18)8-15(12)19/h2-10H,1H3,(H,21,22). The lowest BCUT2D eigenvalue weighted by atomic mass is 10.2. The van der Waals surface area contributed by atoms with Crippen LogP contribution < -0.4 is 10.2 Å². The Bertz CT molecular complexity index is 863. The van der Waals surface area contributed by atoms with Crippen molar-refractivity contribution in [2.24, 2.45) is 5.10 Å². The summed E-state index contributed by atoms with van der Waals surface area (Å²) < 4.78 is 5.15. The highest BCUT2D eigenvalue weighted by Crippen LogP contribution is 2.26. The molecule has 0 aliphatic rings. The minimum atomic E-state index is 0.547. The van der Waals surface area contributed by atoms with E-state index in [-0.39, 0.29) is 0 Å². The van der Waals surface area contributed by atoms with Gasteiger partial charge in [-0.2, -0.15) is 5.10 Å². The van der Waals surface area contributed by atoms with Crippen molar-refractivity contribution in [3.63, 3.8) is 0 Å². The Labute approximate surface area is 153 Å². The highest BCUT2D eigenvalue weighted by atomic mass is 35.5. The number of aromatic nitrogens is 1. The first-order valence-electron chi connectivity index (χ1n) is 7.00. The third-order valence-corrected chi connectivity index (χ3v) is 4.53. The summed E-state index contributed by atoms with van der Waals surface area (Å²) in [7, 11) is 1.64. The van der Waals surface area contributed by atoms with Crippen LogP contribution in [0.15, 0.2) is 52.9 Å². The van der Waals surface area contributed by atoms with E-state index in [4.69, 9.17) is 27.9 Å². The van der Waals surface area contributed by atoms with Crippen molar-refractivity contribution in [1.29, 1.82) is 0 Å². The van der Waals surface area contributed by atoms with Crippen molar-refractivity contribution in [1.82, 2.24) is 4.98 Å². The van der Waals surface area contributed by atoms with Gasteiger partial charge in [0.1, 0.15) is 5.75 Å². The predicted molar refractivity (Wildman–Crippen MR) is 102 cm³/mol. The second-order valence-corrected chi connectivity index (χ2v) is 6.50. The minimum absolute atomic E-state index is 0.547. The number of nitrogens with zero attached hydrogens (tertiary/aromatic N) is 2. The summed E-state index contributed by atoms with van der Waals surface area (Å²) in [5.41, 5.74) is 5.58. The Morgan fingerprint density at radius 2 is 1.96 bits per heavy atom. The van der Waals surface area contributed by atoms with Crippen molar-refractivity contribution in [3.05, 3.63) is 63.5 Å². The van der Waals surface area contributed by atoms with Crippen LogP contribution in [0.25, 0.3) is 11.3 Å². The highest BCUT2D eigenvalue weighted by Gasteiger charge is 2.04. The molecule has 0 spiro atoms. The van der Waals surface area contributed by atoms with Crippen molar-refractivity contribution in [2.45, 2.75) is 0 Å². The van der Waals surface area contributed by atoms with Gasteiger partial charge in [0.25, 0.3) is 0 Å². The van der Waals surface area contributed by atoms with Crippen molar-refractivity contribution in [3.8, 4) is 17.0 Å². The van der Waals surface area contributed by atoms with Gasteiger partial charge >= 0.3 is 0 Å². The summed E-state index contributed by atoms with van der Waals surface area (Å²) in [6, 6.07) is 13.0. The van der Waals surface area contributed by atoms with Gasteiger partial charge in [-0.15, -0.1) is 11.3 Å². The van der Waals surface area contributed by atoms with Gasteiger partial charge in [0.05, 0.1) is 24.0 Å². The number of anilines is 1. The first-order valence-corrected chi connectivity index (χ1v) is 8.63. The fraction of sp³-hybridized carbons (Fsp3) is 0.0588. The molecule has 0 radical (unpaired) electrons. The lowest BCUT2D eigenvalue weighted by Gasteiger charge is -2.00. The number of nitrogens with one attached hydrogen (secondary N) is 1. The fourth-order valence-corrected chi connectivity index (χ4v) is 3.11. The molecule has 0 aliphatic heterocycles. The maximum atomic E-state index is 6.09. The molecule has 0 saturated carbocycles. The van der Waals surface area contributed by atoms with Crippen LogP contribution in [0.5, 0.6) is 5.75 Å². The Balaban J connectivity index is 1.68. The van der Waals surface area contributed by atoms with Gasteiger partial charge in [-0.25, -0.2) is 4.98 Å². The predicted octanol–water partition coefficient (Wildman–Crippen LogP) is 5.57. The molecule has 0 fully saturated rings. The van der Waals surface area contributed by atoms with Crippen LogP contribution in [0.3, 0.4) is 0 Å². The molecule has 0 unspecified atom stereocenters. The molecule has 4 nitrogen and oxygen atoms in total. The van der Waals surface area contributed by atoms with Crippen LogP contribution in [0.1, 0.15) is 5.56 Å². The highest BCUT2D eigenvalue weighted by molar-refractivity contribution is 7.14. The number of ether oxygens (including phenoxy) is 1. The number of methoxy groups -OCH3 is 1. The van der Waals surface area contributed by atoms with Crippen molar-refractivity contribution >= 4 is 45.9 Å². The Morgan fingerprint density at radius 3 is 2.67 bits per heavy atom. The van der Waals surface area contributed by atoms with Gasteiger partial charge in [-0.1, -0.05) is 29.3 Å². The number of halogens is 2. The van der Waals surface area contributed by atoms with Crippen LogP contribution >= 0.6 is 34.5 Å². The fourth-order valence-electron chi connectivity index (χ4n) is 1.98. The van der Waals surface area contributed by atoms with Gasteiger partial charge < -0.3 is 4.74 Å². The second-order valence-electron chi connectivity index (χ2n) is 4.80. The van der Waals surface area contributed by atoms with Crippen molar-refractivity contribution in [2.75, 3.05) is 12.5 Å². The molecule has 1 aromatic heterocycles. The van der Waals surface area contributed by atoms with E-state index in [2.05, 4.69) is 15.5 Å². The maximum absolute atomic E-state index is 6.09. The molecule has 0 bridgehead atoms. The van der Waals surface area contributed by atoms with Crippen molar-refractivity contribution < 1.29 is 4.74 Å². The summed E-state index contributed by atoms with van der Waals surface area (Å²) in [5.74, 6) is 0.816. The van der Waals surface area contributed by atoms with Crippen LogP contribution in [-0.2, 0) is 0 Å². The zero-order chi connectivity index (χ0) is 16.9. The number of benzene rings is 2. The Hall–Kier alpha value is -2.08. The van der Waals surface area contributed by atoms with E-state index in [0.717, 1.165) is 22.6 Å². The number of rotatable bonds is 5. The van der Waals surface area contributed by atoms with Crippen LogP contribution in [0, 0.1) is 0 Å². The van der Waals surface area contributed by atoms with Gasteiger partial charge in [-0.05, 0) is 36.4 Å². The minimum Gasteiger partial charge on any atom is -0.497 e. The van der Waals surface area contributed by atoms with Gasteiger partial charge in [0.2, 0.25) is 5.13 Å². The molecule has 2 aromatic carbocycles. The number of hydrogen-bond donors (Lipinski definition) is 1. The molecular weight excluding hydrogens is 365 g/mol. The zero-order valence-corrected chi connectivity index (χ0v) is 15.0. The maximum Gasteiger partial charge on any atom is 0.203 e. The lowest BCUT2D eigenvalue weighted by Crippen LogP contribution is -1.91. The first-order chi connectivity index (χ1) is 11.7. The third-order valence-electron chi connectivity index (χ3n) is 3.22. The Kier molecular flexibility index (Phi) is 5.35. The molecule has 122 valence electrons.